The second-order valence-electron chi connectivity index (χ2n) is 6.74. The van der Waals surface area contributed by atoms with Crippen LogP contribution in [0.3, 0.4) is 0 Å². The molecule has 1 atom stereocenters. The van der Waals surface area contributed by atoms with Crippen LogP contribution in [0.2, 0.25) is 0 Å². The summed E-state index contributed by atoms with van der Waals surface area (Å²) in [6.07, 6.45) is 0.494. The summed E-state index contributed by atoms with van der Waals surface area (Å²) < 4.78 is 82.0. The van der Waals surface area contributed by atoms with Crippen molar-refractivity contribution < 1.29 is 40.4 Å². The number of rotatable bonds is 5. The number of cyclic esters (lactones) is 1. The Morgan fingerprint density at radius 2 is 2.07 bits per heavy atom. The van der Waals surface area contributed by atoms with Crippen LogP contribution in [0.4, 0.5) is 23.7 Å². The molecule has 1 saturated heterocycles. The van der Waals surface area contributed by atoms with Crippen molar-refractivity contribution in [1.29, 1.82) is 0 Å². The second kappa shape index (κ2) is 7.67. The highest BCUT2D eigenvalue weighted by Crippen LogP contribution is 2.35. The van der Waals surface area contributed by atoms with Gasteiger partial charge in [0.2, 0.25) is 0 Å². The van der Waals surface area contributed by atoms with E-state index < -0.39 is 50.7 Å². The molecule has 2 aromatic rings. The van der Waals surface area contributed by atoms with Crippen molar-refractivity contribution in [2.45, 2.75) is 12.5 Å². The highest BCUT2D eigenvalue weighted by molar-refractivity contribution is 7.91. The van der Waals surface area contributed by atoms with E-state index in [2.05, 4.69) is 9.68 Å². The fourth-order valence-corrected chi connectivity index (χ4v) is 4.39. The van der Waals surface area contributed by atoms with E-state index in [9.17, 15) is 26.4 Å². The number of aromatic nitrogens is 1. The maximum atomic E-state index is 14.7. The summed E-state index contributed by atoms with van der Waals surface area (Å²) in [6, 6.07) is 2.13. The Hall–Kier alpha value is -3.02. The first-order valence-corrected chi connectivity index (χ1v) is 10.7. The van der Waals surface area contributed by atoms with Gasteiger partial charge < -0.3 is 14.0 Å². The molecule has 0 radical (unpaired) electrons. The van der Waals surface area contributed by atoms with Crippen LogP contribution in [0.15, 0.2) is 29.0 Å². The second-order valence-corrected chi connectivity index (χ2v) is 8.97. The van der Waals surface area contributed by atoms with E-state index in [-0.39, 0.29) is 42.5 Å². The number of ether oxygens (including phenoxy) is 2. The number of amides is 1. The molecule has 0 N–H and O–H groups in total. The third kappa shape index (κ3) is 3.86. The number of allylic oxidation sites excluding steroid dienone is 1. The van der Waals surface area contributed by atoms with E-state index in [0.29, 0.717) is 6.07 Å². The van der Waals surface area contributed by atoms with Gasteiger partial charge in [-0.05, 0) is 17.2 Å². The Balaban J connectivity index is 1.56. The number of sulfone groups is 1. The lowest BCUT2D eigenvalue weighted by Crippen LogP contribution is -2.28. The Morgan fingerprint density at radius 1 is 1.27 bits per heavy atom. The van der Waals surface area contributed by atoms with Gasteiger partial charge in [0, 0.05) is 12.1 Å². The zero-order valence-electron chi connectivity index (χ0n) is 15.3. The predicted molar refractivity (Wildman–Crippen MR) is 97.2 cm³/mol. The minimum absolute atomic E-state index is 0.0631. The fourth-order valence-electron chi connectivity index (χ4n) is 3.24. The highest BCUT2D eigenvalue weighted by Gasteiger charge is 2.37. The first-order valence-electron chi connectivity index (χ1n) is 8.84. The van der Waals surface area contributed by atoms with Crippen molar-refractivity contribution in [3.8, 4) is 5.88 Å². The molecule has 0 spiro atoms. The van der Waals surface area contributed by atoms with E-state index in [1.807, 2.05) is 0 Å². The molecule has 3 heterocycles. The van der Waals surface area contributed by atoms with E-state index in [1.165, 1.54) is 18.4 Å². The zero-order valence-corrected chi connectivity index (χ0v) is 16.1. The van der Waals surface area contributed by atoms with Gasteiger partial charge >= 0.3 is 6.09 Å². The Labute approximate surface area is 168 Å². The largest absolute Gasteiger partial charge is 0.471 e. The van der Waals surface area contributed by atoms with Crippen LogP contribution in [-0.4, -0.2) is 50.4 Å². The summed E-state index contributed by atoms with van der Waals surface area (Å²) in [7, 11) is -3.32. The maximum Gasteiger partial charge on any atom is 0.414 e. The molecule has 1 fully saturated rings. The van der Waals surface area contributed by atoms with E-state index >= 15 is 0 Å². The lowest BCUT2D eigenvalue weighted by Gasteiger charge is -2.19. The van der Waals surface area contributed by atoms with Crippen LogP contribution in [0, 0.1) is 17.5 Å². The first kappa shape index (κ1) is 20.3. The Bertz CT molecular complexity index is 1120. The molecule has 0 unspecified atom stereocenters. The summed E-state index contributed by atoms with van der Waals surface area (Å²) in [6.45, 7) is -0.326. The van der Waals surface area contributed by atoms with Gasteiger partial charge in [-0.1, -0.05) is 6.08 Å². The third-order valence-electron chi connectivity index (χ3n) is 4.72. The van der Waals surface area contributed by atoms with Crippen LogP contribution < -0.4 is 9.64 Å². The average molecular weight is 444 g/mol. The van der Waals surface area contributed by atoms with Gasteiger partial charge in [-0.3, -0.25) is 4.90 Å². The molecule has 0 saturated carbocycles. The summed E-state index contributed by atoms with van der Waals surface area (Å²) in [5.74, 6) is -4.55. The smallest absolute Gasteiger partial charge is 0.414 e. The maximum absolute atomic E-state index is 14.7. The van der Waals surface area contributed by atoms with Gasteiger partial charge in [0.1, 0.15) is 18.7 Å². The zero-order chi connectivity index (χ0) is 21.5. The molecule has 0 bridgehead atoms. The Kier molecular flexibility index (Phi) is 5.18. The number of carbonyl (C=O) groups is 1. The first-order chi connectivity index (χ1) is 14.2. The van der Waals surface area contributed by atoms with Crippen molar-refractivity contribution in [3.63, 3.8) is 0 Å². The topological polar surface area (TPSA) is 98.9 Å². The number of carbonyl (C=O) groups excluding carboxylic acids is 1. The van der Waals surface area contributed by atoms with Crippen molar-refractivity contribution in [3.05, 3.63) is 47.5 Å². The van der Waals surface area contributed by atoms with Gasteiger partial charge in [0.05, 0.1) is 29.3 Å². The van der Waals surface area contributed by atoms with Crippen LogP contribution in [0.1, 0.15) is 12.0 Å². The van der Waals surface area contributed by atoms with Crippen LogP contribution in [0.5, 0.6) is 5.88 Å². The predicted octanol–water partition coefficient (Wildman–Crippen LogP) is 2.70. The third-order valence-corrected chi connectivity index (χ3v) is 6.22. The molecular weight excluding hydrogens is 429 g/mol. The molecule has 4 rings (SSSR count). The number of nitrogens with zero attached hydrogens (tertiary/aromatic N) is 2. The van der Waals surface area contributed by atoms with Crippen molar-refractivity contribution in [2.24, 2.45) is 0 Å². The normalized spacial score (nSPS) is 20.8. The van der Waals surface area contributed by atoms with Gasteiger partial charge in [-0.15, -0.1) is 0 Å². The molecular formula is C18H15F3N2O6S. The lowest BCUT2D eigenvalue weighted by atomic mass is 10.0. The SMILES string of the molecule is O=C1O[C@@H](COc2ccon2)CN1c1cc(F)c(C2=CCS(=O)(=O)CC2)c(F)c1F. The number of halogens is 3. The molecule has 0 aliphatic carbocycles. The standard InChI is InChI=1S/C18H15F3N2O6S/c19-12-7-13(16(20)17(21)15(12)10-2-5-30(25,26)6-3-10)23-8-11(29-18(23)24)9-27-14-1-4-28-22-14/h1-2,4,7,11H,3,5-6,8-9H2/t11-/m1/s1. The number of hydrogen-bond donors (Lipinski definition) is 0. The van der Waals surface area contributed by atoms with E-state index in [1.54, 1.807) is 0 Å². The molecule has 12 heteroatoms. The summed E-state index contributed by atoms with van der Waals surface area (Å²) >= 11 is 0. The molecule has 2 aliphatic rings. The minimum Gasteiger partial charge on any atom is -0.471 e. The molecule has 160 valence electrons. The average Bonchev–Trinajstić information content (AvgIpc) is 3.34. The van der Waals surface area contributed by atoms with Gasteiger partial charge in [-0.2, -0.15) is 0 Å². The van der Waals surface area contributed by atoms with Crippen molar-refractivity contribution in [1.82, 2.24) is 5.16 Å². The van der Waals surface area contributed by atoms with E-state index in [0.717, 1.165) is 4.90 Å². The van der Waals surface area contributed by atoms with Crippen LogP contribution in [-0.2, 0) is 14.6 Å². The molecule has 8 nitrogen and oxygen atoms in total. The molecule has 2 aliphatic heterocycles. The fraction of sp³-hybridized carbons (Fsp3) is 0.333. The Morgan fingerprint density at radius 3 is 2.73 bits per heavy atom. The van der Waals surface area contributed by atoms with Gasteiger partial charge in [0.25, 0.3) is 5.88 Å². The van der Waals surface area contributed by atoms with Crippen LogP contribution in [0.25, 0.3) is 5.57 Å². The van der Waals surface area contributed by atoms with Crippen molar-refractivity contribution >= 4 is 27.2 Å². The lowest BCUT2D eigenvalue weighted by molar-refractivity contribution is 0.101. The quantitative estimate of drug-likeness (QED) is 0.654. The number of benzene rings is 1. The van der Waals surface area contributed by atoms with Gasteiger partial charge in [0.15, 0.2) is 27.6 Å². The molecule has 1 aromatic carbocycles. The summed E-state index contributed by atoms with van der Waals surface area (Å²) in [5, 5.41) is 3.52. The monoisotopic (exact) mass is 444 g/mol. The number of anilines is 1. The van der Waals surface area contributed by atoms with Crippen molar-refractivity contribution in [2.75, 3.05) is 29.6 Å². The van der Waals surface area contributed by atoms with E-state index in [4.69, 9.17) is 9.47 Å². The summed E-state index contributed by atoms with van der Waals surface area (Å²) in [4.78, 5) is 12.9. The van der Waals surface area contributed by atoms with Gasteiger partial charge in [-0.25, -0.2) is 26.4 Å². The molecule has 1 aromatic heterocycles. The minimum atomic E-state index is -3.32. The highest BCUT2D eigenvalue weighted by atomic mass is 32.2. The molecule has 1 amide bonds. The summed E-state index contributed by atoms with van der Waals surface area (Å²) in [5.41, 5.74) is -1.19. The molecule has 30 heavy (non-hydrogen) atoms. The number of hydrogen-bond acceptors (Lipinski definition) is 7. The van der Waals surface area contributed by atoms with Crippen LogP contribution >= 0.6 is 0 Å².